The molecule has 37 heavy (non-hydrogen) atoms. The summed E-state index contributed by atoms with van der Waals surface area (Å²) in [6, 6.07) is 0. The highest BCUT2D eigenvalue weighted by atomic mass is 16.6. The third-order valence-corrected chi connectivity index (χ3v) is 10.2. The van der Waals surface area contributed by atoms with E-state index in [0.29, 0.717) is 17.6 Å². The van der Waals surface area contributed by atoms with Crippen LogP contribution in [0.4, 0.5) is 0 Å². The summed E-state index contributed by atoms with van der Waals surface area (Å²) in [5.41, 5.74) is -4.75. The number of rotatable bonds is 10. The van der Waals surface area contributed by atoms with Gasteiger partial charge in [-0.05, 0) is 24.5 Å². The van der Waals surface area contributed by atoms with E-state index in [1.54, 1.807) is 26.0 Å². The number of ether oxygens (including phenoxy) is 1. The zero-order valence-corrected chi connectivity index (χ0v) is 23.1. The van der Waals surface area contributed by atoms with Crippen LogP contribution >= 0.6 is 0 Å². The third-order valence-electron chi connectivity index (χ3n) is 10.2. The van der Waals surface area contributed by atoms with Gasteiger partial charge in [-0.3, -0.25) is 9.59 Å². The minimum atomic E-state index is -1.89. The summed E-state index contributed by atoms with van der Waals surface area (Å²) in [4.78, 5) is 26.1. The molecule has 0 saturated heterocycles. The zero-order chi connectivity index (χ0) is 27.4. The maximum atomic E-state index is 13.1. The lowest BCUT2D eigenvalue weighted by molar-refractivity contribution is -0.221. The van der Waals surface area contributed by atoms with Gasteiger partial charge in [-0.25, -0.2) is 0 Å². The van der Waals surface area contributed by atoms with Crippen LogP contribution in [0.5, 0.6) is 0 Å². The lowest BCUT2D eigenvalue weighted by Gasteiger charge is -2.52. The first-order chi connectivity index (χ1) is 17.3. The Morgan fingerprint density at radius 3 is 2.30 bits per heavy atom. The van der Waals surface area contributed by atoms with Crippen LogP contribution in [-0.4, -0.2) is 61.7 Å². The number of aliphatic hydroxyl groups excluding tert-OH is 1. The average molecular weight is 519 g/mol. The summed E-state index contributed by atoms with van der Waals surface area (Å²) in [7, 11) is 0. The van der Waals surface area contributed by atoms with Gasteiger partial charge in [-0.2, -0.15) is 0 Å². The summed E-state index contributed by atoms with van der Waals surface area (Å²) >= 11 is 0. The lowest BCUT2D eigenvalue weighted by Crippen LogP contribution is -2.65. The Morgan fingerprint density at radius 1 is 1.05 bits per heavy atom. The molecule has 7 heteroatoms. The van der Waals surface area contributed by atoms with E-state index in [1.807, 2.05) is 13.8 Å². The van der Waals surface area contributed by atoms with Crippen LogP contribution in [0.1, 0.15) is 92.4 Å². The molecule has 8 atom stereocenters. The number of ketones is 1. The fourth-order valence-corrected chi connectivity index (χ4v) is 8.03. The molecule has 4 N–H and O–H groups in total. The van der Waals surface area contributed by atoms with E-state index in [2.05, 4.69) is 6.92 Å². The largest absolute Gasteiger partial charge is 0.459 e. The van der Waals surface area contributed by atoms with E-state index >= 15 is 0 Å². The first-order valence-corrected chi connectivity index (χ1v) is 14.2. The van der Waals surface area contributed by atoms with E-state index < -0.39 is 63.7 Å². The molecule has 2 saturated carbocycles. The van der Waals surface area contributed by atoms with Crippen molar-refractivity contribution in [1.29, 1.82) is 0 Å². The first kappa shape index (κ1) is 28.5. The molecule has 0 radical (unpaired) electrons. The molecule has 2 fully saturated rings. The number of hydrogen-bond acceptors (Lipinski definition) is 7. The molecule has 0 spiro atoms. The summed E-state index contributed by atoms with van der Waals surface area (Å²) in [6.45, 7) is 8.99. The number of aliphatic hydroxyl groups is 4. The van der Waals surface area contributed by atoms with Crippen LogP contribution in [0, 0.1) is 29.1 Å². The summed E-state index contributed by atoms with van der Waals surface area (Å²) in [6.07, 6.45) is 10.1. The monoisotopic (exact) mass is 518 g/mol. The summed E-state index contributed by atoms with van der Waals surface area (Å²) in [5.74, 6) is -3.66. The molecule has 4 aliphatic rings. The van der Waals surface area contributed by atoms with Crippen LogP contribution in [0.2, 0.25) is 0 Å². The molecule has 0 unspecified atom stereocenters. The van der Waals surface area contributed by atoms with Gasteiger partial charge in [-0.1, -0.05) is 78.4 Å². The van der Waals surface area contributed by atoms with Gasteiger partial charge < -0.3 is 25.2 Å². The lowest BCUT2D eigenvalue weighted by atomic mass is 9.59. The van der Waals surface area contributed by atoms with E-state index in [-0.39, 0.29) is 19.4 Å². The second-order valence-electron chi connectivity index (χ2n) is 12.7. The van der Waals surface area contributed by atoms with Gasteiger partial charge in [-0.15, -0.1) is 0 Å². The highest BCUT2D eigenvalue weighted by molar-refractivity contribution is 6.04. The van der Waals surface area contributed by atoms with Gasteiger partial charge in [0.05, 0.1) is 12.2 Å². The van der Waals surface area contributed by atoms with Crippen molar-refractivity contribution in [3.05, 3.63) is 23.3 Å². The van der Waals surface area contributed by atoms with Crippen LogP contribution in [0.3, 0.4) is 0 Å². The second kappa shape index (κ2) is 9.89. The van der Waals surface area contributed by atoms with Gasteiger partial charge in [0.2, 0.25) is 0 Å². The van der Waals surface area contributed by atoms with Crippen molar-refractivity contribution in [3.8, 4) is 0 Å². The van der Waals surface area contributed by atoms with E-state index in [0.717, 1.165) is 19.3 Å². The van der Waals surface area contributed by atoms with Gasteiger partial charge in [0.1, 0.15) is 17.3 Å². The summed E-state index contributed by atoms with van der Waals surface area (Å²) < 4.78 is 5.98. The number of carbonyl (C=O) groups excluding carboxylic acids is 2. The van der Waals surface area contributed by atoms with Crippen LogP contribution in [-0.2, 0) is 14.3 Å². The van der Waals surface area contributed by atoms with Crippen LogP contribution in [0.25, 0.3) is 0 Å². The number of carbonyl (C=O) groups is 2. The van der Waals surface area contributed by atoms with Crippen molar-refractivity contribution in [2.75, 3.05) is 6.61 Å². The number of fused-ring (bicyclic) bond motifs is 5. The standard InChI is InChI=1S/C30H46O7/c1-6-7-8-9-10-11-12-13-23(32)37-26-19(3)29(35)21(24-27(4,5)30(24,26)36)15-20(17-31)16-28(34)22(29)14-18(2)25(28)33/h14-15,19,21-22,24,26,31,34-36H,6-13,16-17H2,1-5H3/t19-,21+,22-,24-,26-,28-,29+,30-/m1/s1. The summed E-state index contributed by atoms with van der Waals surface area (Å²) in [5, 5.41) is 46.1. The SMILES string of the molecule is CCCCCCCCCC(=O)O[C@@H]1[C@@H](C)[C@]2(O)[C@@H](C=C(CO)C[C@]3(O)C(=O)C(C)=C[C@@H]23)[C@@H]2C(C)(C)[C@]12O. The maximum absolute atomic E-state index is 13.1. The average Bonchev–Trinajstić information content (AvgIpc) is 3.24. The minimum absolute atomic E-state index is 0.0827. The van der Waals surface area contributed by atoms with E-state index in [1.165, 1.54) is 19.3 Å². The fraction of sp³-hybridized carbons (Fsp3) is 0.800. The van der Waals surface area contributed by atoms with Gasteiger partial charge >= 0.3 is 5.97 Å². The number of unbranched alkanes of at least 4 members (excludes halogenated alkanes) is 6. The molecule has 208 valence electrons. The number of esters is 1. The molecule has 4 aliphatic carbocycles. The zero-order valence-electron chi connectivity index (χ0n) is 23.1. The second-order valence-corrected chi connectivity index (χ2v) is 12.7. The third kappa shape index (κ3) is 4.16. The quantitative estimate of drug-likeness (QED) is 0.198. The Kier molecular flexibility index (Phi) is 7.61. The van der Waals surface area contributed by atoms with Gasteiger partial charge in [0, 0.05) is 41.9 Å². The highest BCUT2D eigenvalue weighted by Crippen LogP contribution is 2.75. The Hall–Kier alpha value is -1.54. The molecule has 4 rings (SSSR count). The molecule has 0 aromatic heterocycles. The van der Waals surface area contributed by atoms with Crippen molar-refractivity contribution in [3.63, 3.8) is 0 Å². The number of Topliss-reactive ketones (excluding diaryl/α,β-unsaturated/α-hetero) is 1. The number of hydrogen-bond donors (Lipinski definition) is 4. The maximum Gasteiger partial charge on any atom is 0.306 e. The molecule has 0 amide bonds. The Labute approximate surface area is 221 Å². The molecular formula is C30H46O7. The van der Waals surface area contributed by atoms with Crippen LogP contribution < -0.4 is 0 Å². The Morgan fingerprint density at radius 2 is 1.68 bits per heavy atom. The molecule has 0 aliphatic heterocycles. The normalized spacial score (nSPS) is 41.6. The van der Waals surface area contributed by atoms with E-state index in [4.69, 9.17) is 4.74 Å². The fourth-order valence-electron chi connectivity index (χ4n) is 8.03. The van der Waals surface area contributed by atoms with Crippen molar-refractivity contribution in [2.45, 2.75) is 115 Å². The Balaban J connectivity index is 1.60. The first-order valence-electron chi connectivity index (χ1n) is 14.2. The van der Waals surface area contributed by atoms with Crippen molar-refractivity contribution >= 4 is 11.8 Å². The van der Waals surface area contributed by atoms with Gasteiger partial charge in [0.25, 0.3) is 0 Å². The molecular weight excluding hydrogens is 472 g/mol. The molecule has 0 aromatic carbocycles. The predicted molar refractivity (Wildman–Crippen MR) is 139 cm³/mol. The van der Waals surface area contributed by atoms with Crippen molar-refractivity contribution in [2.24, 2.45) is 29.1 Å². The van der Waals surface area contributed by atoms with Gasteiger partial charge in [0.15, 0.2) is 5.78 Å². The molecule has 0 bridgehead atoms. The molecule has 0 heterocycles. The van der Waals surface area contributed by atoms with Crippen molar-refractivity contribution < 1.29 is 34.8 Å². The molecule has 7 nitrogen and oxygen atoms in total. The Bertz CT molecular complexity index is 982. The smallest absolute Gasteiger partial charge is 0.306 e. The van der Waals surface area contributed by atoms with Crippen LogP contribution in [0.15, 0.2) is 23.3 Å². The highest BCUT2D eigenvalue weighted by Gasteiger charge is 2.85. The topological polar surface area (TPSA) is 124 Å². The van der Waals surface area contributed by atoms with E-state index in [9.17, 15) is 30.0 Å². The minimum Gasteiger partial charge on any atom is -0.459 e. The predicted octanol–water partition coefficient (Wildman–Crippen LogP) is 3.62. The molecule has 0 aromatic rings. The van der Waals surface area contributed by atoms with Crippen molar-refractivity contribution in [1.82, 2.24) is 0 Å².